The van der Waals surface area contributed by atoms with Gasteiger partial charge in [-0.15, -0.1) is 0 Å². The standard InChI is InChI=1S/C30H33N3O4/c1-4-35-19-7-18-31-30(34)23-12-17-26-27(20-23)33-29(22-10-15-25(16-11-22)37-6-3)28(32-26)21-8-13-24(14-9-21)36-5-2/h8-17,20H,4-7,18-19H2,1-3H3,(H,31,34). The van der Waals surface area contributed by atoms with E-state index in [0.717, 1.165) is 40.4 Å². The molecule has 0 fully saturated rings. The van der Waals surface area contributed by atoms with Gasteiger partial charge in [0.15, 0.2) is 0 Å². The van der Waals surface area contributed by atoms with Gasteiger partial charge in [0, 0.05) is 36.4 Å². The fourth-order valence-electron chi connectivity index (χ4n) is 3.97. The molecule has 0 unspecified atom stereocenters. The van der Waals surface area contributed by atoms with Crippen LogP contribution < -0.4 is 14.8 Å². The lowest BCUT2D eigenvalue weighted by Crippen LogP contribution is -2.25. The number of carbonyl (C=O) groups excluding carboxylic acids is 1. The van der Waals surface area contributed by atoms with Crippen LogP contribution in [0.2, 0.25) is 0 Å². The van der Waals surface area contributed by atoms with Crippen molar-refractivity contribution < 1.29 is 19.0 Å². The molecule has 0 aliphatic rings. The summed E-state index contributed by atoms with van der Waals surface area (Å²) in [4.78, 5) is 22.7. The first kappa shape index (κ1) is 26.1. The van der Waals surface area contributed by atoms with E-state index in [-0.39, 0.29) is 5.91 Å². The third kappa shape index (κ3) is 6.62. The molecule has 37 heavy (non-hydrogen) atoms. The summed E-state index contributed by atoms with van der Waals surface area (Å²) in [6.07, 6.45) is 0.764. The topological polar surface area (TPSA) is 82.6 Å². The summed E-state index contributed by atoms with van der Waals surface area (Å²) in [5.74, 6) is 1.46. The van der Waals surface area contributed by atoms with E-state index in [1.165, 1.54) is 0 Å². The SMILES string of the molecule is CCOCCCNC(=O)c1ccc2nc(-c3ccc(OCC)cc3)c(-c3ccc(OCC)cc3)nc2c1. The highest BCUT2D eigenvalue weighted by Gasteiger charge is 2.15. The number of nitrogens with zero attached hydrogens (tertiary/aromatic N) is 2. The summed E-state index contributed by atoms with van der Waals surface area (Å²) in [6, 6.07) is 21.1. The van der Waals surface area contributed by atoms with Crippen molar-refractivity contribution in [3.05, 3.63) is 72.3 Å². The van der Waals surface area contributed by atoms with Gasteiger partial charge in [0.05, 0.1) is 35.6 Å². The molecule has 4 aromatic rings. The molecular formula is C30H33N3O4. The number of carbonyl (C=O) groups is 1. The Bertz CT molecular complexity index is 1320. The molecule has 7 nitrogen and oxygen atoms in total. The molecule has 0 saturated carbocycles. The summed E-state index contributed by atoms with van der Waals surface area (Å²) in [5.41, 5.74) is 5.24. The zero-order valence-corrected chi connectivity index (χ0v) is 21.6. The second kappa shape index (κ2) is 12.8. The van der Waals surface area contributed by atoms with E-state index in [2.05, 4.69) is 5.32 Å². The van der Waals surface area contributed by atoms with E-state index in [1.54, 1.807) is 12.1 Å². The fraction of sp³-hybridized carbons (Fsp3) is 0.300. The van der Waals surface area contributed by atoms with Crippen LogP contribution in [0, 0.1) is 0 Å². The lowest BCUT2D eigenvalue weighted by atomic mass is 10.0. The Labute approximate surface area is 217 Å². The van der Waals surface area contributed by atoms with Crippen molar-refractivity contribution in [1.82, 2.24) is 15.3 Å². The van der Waals surface area contributed by atoms with E-state index in [4.69, 9.17) is 24.2 Å². The van der Waals surface area contributed by atoms with Gasteiger partial charge in [-0.3, -0.25) is 4.79 Å². The van der Waals surface area contributed by atoms with E-state index in [0.29, 0.717) is 49.6 Å². The lowest BCUT2D eigenvalue weighted by molar-refractivity contribution is 0.0944. The molecule has 1 aromatic heterocycles. The van der Waals surface area contributed by atoms with Gasteiger partial charge in [0.2, 0.25) is 0 Å². The number of benzene rings is 3. The number of hydrogen-bond acceptors (Lipinski definition) is 6. The van der Waals surface area contributed by atoms with Crippen LogP contribution in [0.4, 0.5) is 0 Å². The van der Waals surface area contributed by atoms with Crippen molar-refractivity contribution in [1.29, 1.82) is 0 Å². The zero-order valence-electron chi connectivity index (χ0n) is 21.6. The summed E-state index contributed by atoms with van der Waals surface area (Å²) in [6.45, 7) is 8.93. The molecule has 1 N–H and O–H groups in total. The normalized spacial score (nSPS) is 10.9. The Balaban J connectivity index is 1.70. The Morgan fingerprint density at radius 1 is 0.730 bits per heavy atom. The summed E-state index contributed by atoms with van der Waals surface area (Å²) in [5, 5.41) is 2.95. The number of rotatable bonds is 12. The Hall–Kier alpha value is -3.97. The molecule has 7 heteroatoms. The van der Waals surface area contributed by atoms with Crippen LogP contribution in [-0.2, 0) is 4.74 Å². The van der Waals surface area contributed by atoms with Crippen LogP contribution in [-0.4, -0.2) is 48.8 Å². The highest BCUT2D eigenvalue weighted by molar-refractivity contribution is 5.98. The molecule has 3 aromatic carbocycles. The molecule has 0 radical (unpaired) electrons. The molecule has 0 saturated heterocycles. The number of nitrogens with one attached hydrogen (secondary N) is 1. The summed E-state index contributed by atoms with van der Waals surface area (Å²) in [7, 11) is 0. The largest absolute Gasteiger partial charge is 0.494 e. The number of amides is 1. The van der Waals surface area contributed by atoms with Crippen LogP contribution in [0.3, 0.4) is 0 Å². The van der Waals surface area contributed by atoms with Crippen molar-refractivity contribution in [2.45, 2.75) is 27.2 Å². The first-order valence-corrected chi connectivity index (χ1v) is 12.8. The molecule has 4 rings (SSSR count). The molecule has 0 aliphatic heterocycles. The van der Waals surface area contributed by atoms with Gasteiger partial charge in [-0.05, 0) is 93.9 Å². The van der Waals surface area contributed by atoms with Gasteiger partial charge in [0.1, 0.15) is 11.5 Å². The molecule has 0 bridgehead atoms. The predicted octanol–water partition coefficient (Wildman–Crippen LogP) is 5.92. The highest BCUT2D eigenvalue weighted by atomic mass is 16.5. The first-order valence-electron chi connectivity index (χ1n) is 12.8. The second-order valence-corrected chi connectivity index (χ2v) is 8.35. The summed E-state index contributed by atoms with van der Waals surface area (Å²) < 4.78 is 16.6. The van der Waals surface area contributed by atoms with Gasteiger partial charge >= 0.3 is 0 Å². The quantitative estimate of drug-likeness (QED) is 0.244. The third-order valence-electron chi connectivity index (χ3n) is 5.76. The van der Waals surface area contributed by atoms with Gasteiger partial charge < -0.3 is 19.5 Å². The number of ether oxygens (including phenoxy) is 3. The van der Waals surface area contributed by atoms with Crippen molar-refractivity contribution >= 4 is 16.9 Å². The Morgan fingerprint density at radius 2 is 1.30 bits per heavy atom. The minimum absolute atomic E-state index is 0.140. The third-order valence-corrected chi connectivity index (χ3v) is 5.76. The van der Waals surface area contributed by atoms with Gasteiger partial charge in [0.25, 0.3) is 5.91 Å². The van der Waals surface area contributed by atoms with Crippen LogP contribution in [0.25, 0.3) is 33.5 Å². The maximum atomic E-state index is 12.7. The monoisotopic (exact) mass is 499 g/mol. The van der Waals surface area contributed by atoms with Crippen molar-refractivity contribution in [2.75, 3.05) is 33.0 Å². The average molecular weight is 500 g/mol. The van der Waals surface area contributed by atoms with E-state index < -0.39 is 0 Å². The smallest absolute Gasteiger partial charge is 0.251 e. The van der Waals surface area contributed by atoms with Gasteiger partial charge in [-0.2, -0.15) is 0 Å². The van der Waals surface area contributed by atoms with Crippen LogP contribution in [0.15, 0.2) is 66.7 Å². The van der Waals surface area contributed by atoms with Crippen molar-refractivity contribution in [2.24, 2.45) is 0 Å². The molecule has 1 amide bonds. The summed E-state index contributed by atoms with van der Waals surface area (Å²) >= 11 is 0. The fourth-order valence-corrected chi connectivity index (χ4v) is 3.97. The van der Waals surface area contributed by atoms with E-state index >= 15 is 0 Å². The molecule has 192 valence electrons. The molecule has 0 spiro atoms. The maximum Gasteiger partial charge on any atom is 0.251 e. The zero-order chi connectivity index (χ0) is 26.0. The van der Waals surface area contributed by atoms with E-state index in [1.807, 2.05) is 75.4 Å². The van der Waals surface area contributed by atoms with Crippen LogP contribution in [0.1, 0.15) is 37.6 Å². The molecule has 0 aliphatic carbocycles. The number of aromatic nitrogens is 2. The van der Waals surface area contributed by atoms with Crippen LogP contribution in [0.5, 0.6) is 11.5 Å². The number of hydrogen-bond donors (Lipinski definition) is 1. The highest BCUT2D eigenvalue weighted by Crippen LogP contribution is 2.33. The Morgan fingerprint density at radius 3 is 1.84 bits per heavy atom. The minimum Gasteiger partial charge on any atom is -0.494 e. The molecular weight excluding hydrogens is 466 g/mol. The number of fused-ring (bicyclic) bond motifs is 1. The predicted molar refractivity (Wildman–Crippen MR) is 146 cm³/mol. The Kier molecular flexibility index (Phi) is 9.05. The van der Waals surface area contributed by atoms with Gasteiger partial charge in [-0.25, -0.2) is 9.97 Å². The molecule has 0 atom stereocenters. The van der Waals surface area contributed by atoms with Gasteiger partial charge in [-0.1, -0.05) is 0 Å². The van der Waals surface area contributed by atoms with Crippen molar-refractivity contribution in [3.8, 4) is 34.0 Å². The lowest BCUT2D eigenvalue weighted by Gasteiger charge is -2.13. The van der Waals surface area contributed by atoms with Crippen molar-refractivity contribution in [3.63, 3.8) is 0 Å². The van der Waals surface area contributed by atoms with Crippen LogP contribution >= 0.6 is 0 Å². The first-order chi connectivity index (χ1) is 18.1. The second-order valence-electron chi connectivity index (χ2n) is 8.35. The minimum atomic E-state index is -0.140. The van der Waals surface area contributed by atoms with E-state index in [9.17, 15) is 4.79 Å². The molecule has 1 heterocycles. The maximum absolute atomic E-state index is 12.7. The average Bonchev–Trinajstić information content (AvgIpc) is 2.93.